The molecule has 2 heterocycles. The zero-order valence-corrected chi connectivity index (χ0v) is 19.9. The number of carbonyl (C=O) groups is 2. The standard InChI is InChI=1S/C26H27N5O4/c1-4-18-15-23(32)31(30-24(18)19-9-10-21(34-2)22(14-19)35-3)16-17-7-5-8-20(13-17)29-26(33)25-27-11-6-12-28-25/h5-14,18H,4,15-16H2,1-3H3,(H,29,33). The Labute approximate surface area is 203 Å². The largest absolute Gasteiger partial charge is 0.493 e. The predicted molar refractivity (Wildman–Crippen MR) is 131 cm³/mol. The lowest BCUT2D eigenvalue weighted by Gasteiger charge is -2.29. The molecule has 9 heteroatoms. The number of ether oxygens (including phenoxy) is 2. The SMILES string of the molecule is CCC1CC(=O)N(Cc2cccc(NC(=O)c3ncccn3)c2)N=C1c1ccc(OC)c(OC)c1. The molecule has 4 rings (SSSR count). The van der Waals surface area contributed by atoms with Gasteiger partial charge in [0.05, 0.1) is 26.5 Å². The maximum Gasteiger partial charge on any atom is 0.293 e. The number of hydrazone groups is 1. The van der Waals surface area contributed by atoms with E-state index in [4.69, 9.17) is 14.6 Å². The van der Waals surface area contributed by atoms with E-state index in [9.17, 15) is 9.59 Å². The molecule has 0 spiro atoms. The van der Waals surface area contributed by atoms with E-state index in [1.165, 1.54) is 17.4 Å². The molecular weight excluding hydrogens is 446 g/mol. The van der Waals surface area contributed by atoms with Gasteiger partial charge in [-0.1, -0.05) is 19.1 Å². The third-order valence-corrected chi connectivity index (χ3v) is 5.78. The summed E-state index contributed by atoms with van der Waals surface area (Å²) in [6.45, 7) is 2.32. The average Bonchev–Trinajstić information content (AvgIpc) is 2.89. The number of methoxy groups -OCH3 is 2. The Hall–Kier alpha value is -4.27. The minimum absolute atomic E-state index is 0.00773. The van der Waals surface area contributed by atoms with Crippen LogP contribution in [-0.2, 0) is 11.3 Å². The first kappa shape index (κ1) is 23.9. The normalized spacial score (nSPS) is 15.4. The third kappa shape index (κ3) is 5.46. The smallest absolute Gasteiger partial charge is 0.293 e. The molecule has 180 valence electrons. The second-order valence-corrected chi connectivity index (χ2v) is 8.04. The van der Waals surface area contributed by atoms with Crippen molar-refractivity contribution in [1.29, 1.82) is 0 Å². The van der Waals surface area contributed by atoms with Crippen LogP contribution in [0.5, 0.6) is 11.5 Å². The highest BCUT2D eigenvalue weighted by molar-refractivity contribution is 6.06. The van der Waals surface area contributed by atoms with Crippen molar-refractivity contribution < 1.29 is 19.1 Å². The Morgan fingerprint density at radius 2 is 1.83 bits per heavy atom. The summed E-state index contributed by atoms with van der Waals surface area (Å²) in [7, 11) is 3.18. The van der Waals surface area contributed by atoms with Gasteiger partial charge in [-0.25, -0.2) is 15.0 Å². The molecule has 3 aromatic rings. The van der Waals surface area contributed by atoms with E-state index in [2.05, 4.69) is 15.3 Å². The molecule has 1 atom stereocenters. The maximum atomic E-state index is 12.9. The summed E-state index contributed by atoms with van der Waals surface area (Å²) in [6.07, 6.45) is 4.18. The fourth-order valence-electron chi connectivity index (χ4n) is 3.95. The van der Waals surface area contributed by atoms with Gasteiger partial charge in [0.1, 0.15) is 0 Å². The highest BCUT2D eigenvalue weighted by atomic mass is 16.5. The van der Waals surface area contributed by atoms with Gasteiger partial charge in [0.2, 0.25) is 11.7 Å². The van der Waals surface area contributed by atoms with Gasteiger partial charge in [0, 0.05) is 36.0 Å². The minimum atomic E-state index is -0.406. The number of benzene rings is 2. The fourth-order valence-corrected chi connectivity index (χ4v) is 3.95. The second kappa shape index (κ2) is 10.8. The van der Waals surface area contributed by atoms with Crippen LogP contribution in [0.4, 0.5) is 5.69 Å². The number of nitrogens with zero attached hydrogens (tertiary/aromatic N) is 4. The molecule has 0 bridgehead atoms. The van der Waals surface area contributed by atoms with E-state index in [0.717, 1.165) is 23.3 Å². The number of hydrogen-bond donors (Lipinski definition) is 1. The molecule has 1 aliphatic heterocycles. The van der Waals surface area contributed by atoms with E-state index in [-0.39, 0.29) is 24.2 Å². The molecule has 0 radical (unpaired) electrons. The van der Waals surface area contributed by atoms with Gasteiger partial charge in [0.25, 0.3) is 5.91 Å². The Balaban J connectivity index is 1.57. The van der Waals surface area contributed by atoms with E-state index in [1.807, 2.05) is 43.3 Å². The van der Waals surface area contributed by atoms with Crippen molar-refractivity contribution in [2.75, 3.05) is 19.5 Å². The van der Waals surface area contributed by atoms with Crippen LogP contribution in [0.15, 0.2) is 66.0 Å². The molecule has 1 aliphatic rings. The van der Waals surface area contributed by atoms with Gasteiger partial charge >= 0.3 is 0 Å². The van der Waals surface area contributed by atoms with Crippen molar-refractivity contribution >= 4 is 23.2 Å². The van der Waals surface area contributed by atoms with Crippen LogP contribution in [0.1, 0.15) is 41.5 Å². The summed E-state index contributed by atoms with van der Waals surface area (Å²) in [5.41, 5.74) is 3.13. The van der Waals surface area contributed by atoms with Crippen LogP contribution in [-0.4, -0.2) is 46.7 Å². The number of anilines is 1. The van der Waals surface area contributed by atoms with Crippen LogP contribution in [0.3, 0.4) is 0 Å². The van der Waals surface area contributed by atoms with Gasteiger partial charge in [-0.3, -0.25) is 9.59 Å². The van der Waals surface area contributed by atoms with Crippen molar-refractivity contribution in [3.05, 3.63) is 77.9 Å². The molecular formula is C26H27N5O4. The average molecular weight is 474 g/mol. The maximum absolute atomic E-state index is 12.9. The molecule has 1 aromatic heterocycles. The summed E-state index contributed by atoms with van der Waals surface area (Å²) in [5, 5.41) is 9.02. The summed E-state index contributed by atoms with van der Waals surface area (Å²) in [5.74, 6) is 0.877. The molecule has 35 heavy (non-hydrogen) atoms. The van der Waals surface area contributed by atoms with Crippen molar-refractivity contribution in [3.63, 3.8) is 0 Å². The Morgan fingerprint density at radius 3 is 2.54 bits per heavy atom. The van der Waals surface area contributed by atoms with E-state index in [0.29, 0.717) is 23.6 Å². The number of nitrogens with one attached hydrogen (secondary N) is 1. The number of rotatable bonds is 8. The number of hydrogen-bond acceptors (Lipinski definition) is 7. The quantitative estimate of drug-likeness (QED) is 0.532. The van der Waals surface area contributed by atoms with Gasteiger partial charge in [0.15, 0.2) is 11.5 Å². The zero-order chi connectivity index (χ0) is 24.8. The molecule has 2 amide bonds. The van der Waals surface area contributed by atoms with Gasteiger partial charge in [-0.15, -0.1) is 0 Å². The first-order chi connectivity index (χ1) is 17.0. The summed E-state index contributed by atoms with van der Waals surface area (Å²) in [6, 6.07) is 14.6. The molecule has 2 aromatic carbocycles. The van der Waals surface area contributed by atoms with Gasteiger partial charge in [-0.2, -0.15) is 5.10 Å². The van der Waals surface area contributed by atoms with Crippen LogP contribution in [0, 0.1) is 5.92 Å². The van der Waals surface area contributed by atoms with Crippen LogP contribution < -0.4 is 14.8 Å². The monoisotopic (exact) mass is 473 g/mol. The first-order valence-corrected chi connectivity index (χ1v) is 11.3. The molecule has 1 unspecified atom stereocenters. The lowest BCUT2D eigenvalue weighted by molar-refractivity contribution is -0.133. The van der Waals surface area contributed by atoms with E-state index < -0.39 is 5.91 Å². The fraction of sp³-hybridized carbons (Fsp3) is 0.269. The van der Waals surface area contributed by atoms with Crippen molar-refractivity contribution in [2.24, 2.45) is 11.0 Å². The third-order valence-electron chi connectivity index (χ3n) is 5.78. The second-order valence-electron chi connectivity index (χ2n) is 8.04. The van der Waals surface area contributed by atoms with Crippen molar-refractivity contribution in [1.82, 2.24) is 15.0 Å². The van der Waals surface area contributed by atoms with Crippen LogP contribution in [0.25, 0.3) is 0 Å². The first-order valence-electron chi connectivity index (χ1n) is 11.3. The Morgan fingerprint density at radius 1 is 1.06 bits per heavy atom. The van der Waals surface area contributed by atoms with Crippen molar-refractivity contribution in [3.8, 4) is 11.5 Å². The Bertz CT molecular complexity index is 1250. The highest BCUT2D eigenvalue weighted by Gasteiger charge is 2.29. The molecule has 0 aliphatic carbocycles. The number of aromatic nitrogens is 2. The van der Waals surface area contributed by atoms with Crippen LogP contribution >= 0.6 is 0 Å². The van der Waals surface area contributed by atoms with Gasteiger partial charge < -0.3 is 14.8 Å². The molecule has 9 nitrogen and oxygen atoms in total. The molecule has 0 saturated carbocycles. The van der Waals surface area contributed by atoms with E-state index >= 15 is 0 Å². The molecule has 1 N–H and O–H groups in total. The van der Waals surface area contributed by atoms with E-state index in [1.54, 1.807) is 26.4 Å². The van der Waals surface area contributed by atoms with Crippen molar-refractivity contribution in [2.45, 2.75) is 26.3 Å². The lowest BCUT2D eigenvalue weighted by atomic mass is 9.89. The summed E-state index contributed by atoms with van der Waals surface area (Å²) < 4.78 is 10.8. The lowest BCUT2D eigenvalue weighted by Crippen LogP contribution is -2.36. The van der Waals surface area contributed by atoms with Gasteiger partial charge in [-0.05, 0) is 48.4 Å². The highest BCUT2D eigenvalue weighted by Crippen LogP contribution is 2.31. The predicted octanol–water partition coefficient (Wildman–Crippen LogP) is 3.91. The topological polar surface area (TPSA) is 106 Å². The number of carbonyl (C=O) groups excluding carboxylic acids is 2. The summed E-state index contributed by atoms with van der Waals surface area (Å²) in [4.78, 5) is 33.2. The molecule has 0 fully saturated rings. The molecule has 0 saturated heterocycles. The zero-order valence-electron chi connectivity index (χ0n) is 19.9. The minimum Gasteiger partial charge on any atom is -0.493 e. The Kier molecular flexibility index (Phi) is 7.35. The summed E-state index contributed by atoms with van der Waals surface area (Å²) >= 11 is 0. The van der Waals surface area contributed by atoms with Crippen LogP contribution in [0.2, 0.25) is 0 Å². The number of amides is 2.